The molecular formula is C26H48O4Sn. The van der Waals surface area contributed by atoms with Crippen molar-refractivity contribution < 1.29 is 19.8 Å². The first-order valence-electron chi connectivity index (χ1n) is 12.6. The summed E-state index contributed by atoms with van der Waals surface area (Å²) in [7, 11) is 0. The predicted octanol–water partition coefficient (Wildman–Crippen LogP) is 5.63. The molecule has 0 saturated heterocycles. The number of aliphatic carboxylic acids is 2. The van der Waals surface area contributed by atoms with E-state index in [2.05, 4.69) is 41.5 Å². The second-order valence-corrected chi connectivity index (χ2v) is 16.6. The van der Waals surface area contributed by atoms with Crippen LogP contribution in [-0.4, -0.2) is 33.1 Å². The summed E-state index contributed by atoms with van der Waals surface area (Å²) in [5.41, 5.74) is -0.113. The van der Waals surface area contributed by atoms with Gasteiger partial charge in [-0.15, -0.1) is 0 Å². The number of carboxylic acid groups (broad SMARTS) is 2. The summed E-state index contributed by atoms with van der Waals surface area (Å²) in [6.45, 7) is 13.6. The van der Waals surface area contributed by atoms with E-state index in [1.807, 2.05) is 0 Å². The third kappa shape index (κ3) is 22.5. The van der Waals surface area contributed by atoms with Crippen LogP contribution in [0.5, 0.6) is 0 Å². The third-order valence-corrected chi connectivity index (χ3v) is 8.89. The van der Waals surface area contributed by atoms with Crippen molar-refractivity contribution in [1.29, 1.82) is 0 Å². The van der Waals surface area contributed by atoms with Gasteiger partial charge >= 0.3 is 56.7 Å². The Morgan fingerprint density at radius 2 is 0.871 bits per heavy atom. The van der Waals surface area contributed by atoms with E-state index in [1.165, 1.54) is 12.8 Å². The van der Waals surface area contributed by atoms with E-state index in [1.54, 1.807) is 0 Å². The summed E-state index contributed by atoms with van der Waals surface area (Å²) < 4.78 is 2.09. The van der Waals surface area contributed by atoms with Crippen LogP contribution in [0.1, 0.15) is 131 Å². The molecule has 31 heavy (non-hydrogen) atoms. The van der Waals surface area contributed by atoms with Gasteiger partial charge in [0.25, 0.3) is 0 Å². The van der Waals surface area contributed by atoms with Crippen molar-refractivity contribution in [2.75, 3.05) is 0 Å². The fraction of sp³-hybridized carbons (Fsp3) is 0.846. The molecule has 0 aliphatic heterocycles. The van der Waals surface area contributed by atoms with E-state index in [0.29, 0.717) is 12.8 Å². The molecule has 0 aromatic carbocycles. The summed E-state index contributed by atoms with van der Waals surface area (Å²) in [5, 5.41) is 22.7. The van der Waals surface area contributed by atoms with Crippen LogP contribution in [0.2, 0.25) is 7.87 Å². The Labute approximate surface area is 202 Å². The molecule has 0 spiro atoms. The normalized spacial score (nSPS) is 11.6. The number of rotatable bonds is 18. The summed E-state index contributed by atoms with van der Waals surface area (Å²) in [5.74, 6) is -2.71. The first kappa shape index (κ1) is 32.7. The zero-order valence-electron chi connectivity index (χ0n) is 21.2. The zero-order chi connectivity index (χ0) is 24.1. The second kappa shape index (κ2) is 22.7. The van der Waals surface area contributed by atoms with Crippen molar-refractivity contribution in [3.63, 3.8) is 0 Å². The van der Waals surface area contributed by atoms with Crippen LogP contribution in [0.4, 0.5) is 0 Å². The van der Waals surface area contributed by atoms with Crippen LogP contribution < -0.4 is 10.2 Å². The van der Waals surface area contributed by atoms with Gasteiger partial charge in [-0.05, 0) is 36.8 Å². The minimum atomic E-state index is -1.35. The number of carbonyl (C=O) groups excluding carboxylic acids is 2. The molecule has 0 amide bonds. The first-order valence-corrected chi connectivity index (χ1v) is 15.9. The first-order chi connectivity index (χ1) is 14.7. The van der Waals surface area contributed by atoms with Crippen molar-refractivity contribution in [3.05, 3.63) is 11.1 Å². The second-order valence-electron chi connectivity index (χ2n) is 9.04. The minimum absolute atomic E-state index is 0.0389. The van der Waals surface area contributed by atoms with Crippen LogP contribution in [-0.2, 0) is 9.59 Å². The van der Waals surface area contributed by atoms with Gasteiger partial charge in [-0.3, -0.25) is 0 Å². The topological polar surface area (TPSA) is 80.3 Å². The van der Waals surface area contributed by atoms with Gasteiger partial charge in [0.15, 0.2) is 0 Å². The van der Waals surface area contributed by atoms with Crippen LogP contribution in [0.3, 0.4) is 0 Å². The molecule has 0 saturated carbocycles. The zero-order valence-corrected chi connectivity index (χ0v) is 24.0. The Morgan fingerprint density at radius 3 is 1.10 bits per heavy atom. The molecule has 0 aromatic rings. The Morgan fingerprint density at radius 1 is 0.581 bits per heavy atom. The number of carbonyl (C=O) groups is 2. The number of unbranched alkanes of at least 4 members (excludes halogenated alkanes) is 10. The van der Waals surface area contributed by atoms with E-state index < -0.39 is 11.9 Å². The summed E-state index contributed by atoms with van der Waals surface area (Å²) >= 11 is 0.0389. The van der Waals surface area contributed by atoms with Crippen molar-refractivity contribution in [3.8, 4) is 0 Å². The molecular weight excluding hydrogens is 495 g/mol. The van der Waals surface area contributed by atoms with E-state index >= 15 is 0 Å². The van der Waals surface area contributed by atoms with E-state index in [4.69, 9.17) is 0 Å². The van der Waals surface area contributed by atoms with Gasteiger partial charge in [0.2, 0.25) is 0 Å². The maximum atomic E-state index is 11.3. The standard InChI is InChI=1S/C20H36O4.2C3H7.Sn/c1-3-5-7-9-11-13-15-17(19(21)22)18(20(23)24)16-14-12-10-8-6-4-2;2*1-3-2;/h3-16H2,1-2H3,(H,21,22)(H,23,24);2*3H,1-2H3;/q;;;+2/p-2. The molecule has 0 fully saturated rings. The molecule has 0 aliphatic carbocycles. The predicted molar refractivity (Wildman–Crippen MR) is 129 cm³/mol. The number of hydrogen-bond donors (Lipinski definition) is 0. The summed E-state index contributed by atoms with van der Waals surface area (Å²) in [6.07, 6.45) is 12.9. The van der Waals surface area contributed by atoms with Gasteiger partial charge in [-0.2, -0.15) is 0 Å². The molecule has 180 valence electrons. The van der Waals surface area contributed by atoms with Gasteiger partial charge < -0.3 is 19.8 Å². The number of hydrogen-bond acceptors (Lipinski definition) is 4. The van der Waals surface area contributed by atoms with Crippen molar-refractivity contribution in [2.24, 2.45) is 0 Å². The fourth-order valence-corrected chi connectivity index (χ4v) is 7.39. The van der Waals surface area contributed by atoms with Crippen molar-refractivity contribution >= 4 is 33.1 Å². The molecule has 0 aliphatic rings. The van der Waals surface area contributed by atoms with Crippen LogP contribution in [0.15, 0.2) is 11.1 Å². The Hall–Kier alpha value is -0.521. The van der Waals surface area contributed by atoms with Gasteiger partial charge in [0, 0.05) is 0 Å². The van der Waals surface area contributed by atoms with E-state index in [9.17, 15) is 19.8 Å². The maximum absolute atomic E-state index is 11.3. The molecule has 0 heterocycles. The van der Waals surface area contributed by atoms with E-state index in [0.717, 1.165) is 59.2 Å². The number of carboxylic acids is 2. The molecule has 0 N–H and O–H groups in total. The molecule has 4 nitrogen and oxygen atoms in total. The van der Waals surface area contributed by atoms with Crippen molar-refractivity contribution in [1.82, 2.24) is 0 Å². The molecule has 0 rings (SSSR count). The molecule has 0 atom stereocenters. The van der Waals surface area contributed by atoms with Crippen LogP contribution in [0.25, 0.3) is 0 Å². The molecule has 5 heteroatoms. The van der Waals surface area contributed by atoms with Gasteiger partial charge in [0.05, 0.1) is 11.9 Å². The average molecular weight is 543 g/mol. The third-order valence-electron chi connectivity index (χ3n) is 5.08. The van der Waals surface area contributed by atoms with Gasteiger partial charge in [-0.1, -0.05) is 78.1 Å². The van der Waals surface area contributed by atoms with Gasteiger partial charge in [0.1, 0.15) is 0 Å². The average Bonchev–Trinajstić information content (AvgIpc) is 2.66. The fourth-order valence-electron chi connectivity index (χ4n) is 3.58. The molecule has 0 unspecified atom stereocenters. The monoisotopic (exact) mass is 544 g/mol. The van der Waals surface area contributed by atoms with Crippen molar-refractivity contribution in [2.45, 2.75) is 139 Å². The SMILES string of the molecule is CCCCCCCCC(C(=O)[O-])=C(CCCCCCCC)C(=O)[O-].C[CH](C)[Sn+2][CH](C)C. The van der Waals surface area contributed by atoms with E-state index in [-0.39, 0.29) is 45.1 Å². The summed E-state index contributed by atoms with van der Waals surface area (Å²) in [4.78, 5) is 22.7. The molecule has 0 bridgehead atoms. The van der Waals surface area contributed by atoms with Gasteiger partial charge in [-0.25, -0.2) is 0 Å². The Bertz CT molecular complexity index is 442. The molecule has 0 aromatic heterocycles. The summed E-state index contributed by atoms with van der Waals surface area (Å²) in [6, 6.07) is 0. The molecule has 0 radical (unpaired) electrons. The Balaban J connectivity index is 0. The Kier molecular flexibility index (Phi) is 23.9. The van der Waals surface area contributed by atoms with Crippen LogP contribution in [0, 0.1) is 0 Å². The quantitative estimate of drug-likeness (QED) is 0.128. The van der Waals surface area contributed by atoms with Crippen LogP contribution >= 0.6 is 0 Å².